The molecule has 7 nitrogen and oxygen atoms in total. The van der Waals surface area contributed by atoms with Crippen molar-refractivity contribution in [2.24, 2.45) is 0 Å². The fourth-order valence-corrected chi connectivity index (χ4v) is 3.26. The van der Waals surface area contributed by atoms with Gasteiger partial charge in [0.2, 0.25) is 0 Å². The molecule has 0 spiro atoms. The number of carbonyl (C=O) groups is 1. The molecule has 4 rings (SSSR count). The van der Waals surface area contributed by atoms with Crippen LogP contribution in [0.3, 0.4) is 0 Å². The van der Waals surface area contributed by atoms with E-state index in [0.29, 0.717) is 33.9 Å². The molecule has 0 radical (unpaired) electrons. The molecular formula is C25H19F3N4O3. The van der Waals surface area contributed by atoms with E-state index in [1.807, 2.05) is 0 Å². The SMILES string of the molecule is COc1cc(/C=C/C(=O)c2cccc(-n3cnnn3)c2)ccc1OCc1cccc(C(F)(F)F)c1. The number of hydrogen-bond acceptors (Lipinski definition) is 6. The summed E-state index contributed by atoms with van der Waals surface area (Å²) in [6, 6.07) is 16.8. The average molecular weight is 480 g/mol. The van der Waals surface area contributed by atoms with Crippen LogP contribution in [0.2, 0.25) is 0 Å². The van der Waals surface area contributed by atoms with Crippen molar-refractivity contribution >= 4 is 11.9 Å². The molecule has 35 heavy (non-hydrogen) atoms. The molecule has 0 atom stereocenters. The molecule has 1 aromatic heterocycles. The van der Waals surface area contributed by atoms with E-state index in [4.69, 9.17) is 9.47 Å². The van der Waals surface area contributed by atoms with Crippen LogP contribution in [0.4, 0.5) is 13.2 Å². The van der Waals surface area contributed by atoms with Crippen LogP contribution < -0.4 is 9.47 Å². The zero-order chi connectivity index (χ0) is 24.8. The van der Waals surface area contributed by atoms with Gasteiger partial charge in [0, 0.05) is 5.56 Å². The predicted octanol–water partition coefficient (Wildman–Crippen LogP) is 5.16. The Labute approximate surface area is 198 Å². The van der Waals surface area contributed by atoms with Crippen molar-refractivity contribution in [3.05, 3.63) is 101 Å². The van der Waals surface area contributed by atoms with Gasteiger partial charge in [-0.2, -0.15) is 13.2 Å². The van der Waals surface area contributed by atoms with E-state index in [1.165, 1.54) is 30.3 Å². The largest absolute Gasteiger partial charge is 0.493 e. The highest BCUT2D eigenvalue weighted by atomic mass is 19.4. The third-order valence-electron chi connectivity index (χ3n) is 5.01. The number of rotatable bonds is 8. The Bertz CT molecular complexity index is 1350. The molecule has 0 aliphatic rings. The number of benzene rings is 3. The second kappa shape index (κ2) is 10.2. The molecule has 4 aromatic rings. The van der Waals surface area contributed by atoms with Crippen molar-refractivity contribution in [2.45, 2.75) is 12.8 Å². The van der Waals surface area contributed by atoms with Crippen LogP contribution >= 0.6 is 0 Å². The molecule has 0 saturated carbocycles. The van der Waals surface area contributed by atoms with Crippen LogP contribution in [0.15, 0.2) is 79.1 Å². The number of nitrogens with zero attached hydrogens (tertiary/aromatic N) is 4. The first-order valence-electron chi connectivity index (χ1n) is 10.4. The number of allylic oxidation sites excluding steroid dienone is 1. The molecule has 0 bridgehead atoms. The molecule has 1 heterocycles. The number of tetrazole rings is 1. The summed E-state index contributed by atoms with van der Waals surface area (Å²) in [6.45, 7) is -0.0639. The minimum absolute atomic E-state index is 0.0639. The molecule has 0 saturated heterocycles. The van der Waals surface area contributed by atoms with Crippen molar-refractivity contribution in [1.29, 1.82) is 0 Å². The zero-order valence-corrected chi connectivity index (χ0v) is 18.4. The monoisotopic (exact) mass is 480 g/mol. The molecule has 0 unspecified atom stereocenters. The van der Waals surface area contributed by atoms with Crippen molar-refractivity contribution in [3.63, 3.8) is 0 Å². The summed E-state index contributed by atoms with van der Waals surface area (Å²) in [7, 11) is 1.45. The molecule has 0 aliphatic carbocycles. The second-order valence-corrected chi connectivity index (χ2v) is 7.40. The van der Waals surface area contributed by atoms with E-state index >= 15 is 0 Å². The van der Waals surface area contributed by atoms with Crippen LogP contribution in [0.5, 0.6) is 11.5 Å². The van der Waals surface area contributed by atoms with Crippen LogP contribution in [-0.4, -0.2) is 33.1 Å². The Hall–Kier alpha value is -4.47. The number of carbonyl (C=O) groups excluding carboxylic acids is 1. The summed E-state index contributed by atoms with van der Waals surface area (Å²) in [5, 5.41) is 11.0. The molecule has 3 aromatic carbocycles. The Balaban J connectivity index is 1.45. The molecule has 10 heteroatoms. The van der Waals surface area contributed by atoms with Gasteiger partial charge in [-0.3, -0.25) is 4.79 Å². The zero-order valence-electron chi connectivity index (χ0n) is 18.4. The Morgan fingerprint density at radius 2 is 1.86 bits per heavy atom. The topological polar surface area (TPSA) is 79.1 Å². The van der Waals surface area contributed by atoms with Gasteiger partial charge in [0.15, 0.2) is 17.3 Å². The fraction of sp³-hybridized carbons (Fsp3) is 0.120. The minimum atomic E-state index is -4.42. The minimum Gasteiger partial charge on any atom is -0.493 e. The summed E-state index contributed by atoms with van der Waals surface area (Å²) in [4.78, 5) is 12.6. The van der Waals surface area contributed by atoms with Crippen molar-refractivity contribution in [2.75, 3.05) is 7.11 Å². The van der Waals surface area contributed by atoms with Crippen LogP contribution in [0.25, 0.3) is 11.8 Å². The van der Waals surface area contributed by atoms with E-state index in [1.54, 1.807) is 54.6 Å². The average Bonchev–Trinajstić information content (AvgIpc) is 3.41. The maximum Gasteiger partial charge on any atom is 0.416 e. The summed E-state index contributed by atoms with van der Waals surface area (Å²) in [6.07, 6.45) is 0.0676. The maximum atomic E-state index is 12.9. The van der Waals surface area contributed by atoms with Gasteiger partial charge in [-0.1, -0.05) is 36.4 Å². The van der Waals surface area contributed by atoms with Gasteiger partial charge >= 0.3 is 6.18 Å². The van der Waals surface area contributed by atoms with Crippen molar-refractivity contribution in [1.82, 2.24) is 20.2 Å². The molecule has 0 fully saturated rings. The smallest absolute Gasteiger partial charge is 0.416 e. The van der Waals surface area contributed by atoms with Crippen LogP contribution in [0.1, 0.15) is 27.0 Å². The standard InChI is InChI=1S/C25H19F3N4O3/c1-34-24-13-17(8-10-22(33)19-5-3-7-21(14-19)32-16-29-30-31-32)9-11-23(24)35-15-18-4-2-6-20(12-18)25(26,27)28/h2-14,16H,15H2,1H3/b10-8+. The number of ether oxygens (including phenoxy) is 2. The van der Waals surface area contributed by atoms with Crippen molar-refractivity contribution < 1.29 is 27.4 Å². The number of hydrogen-bond donors (Lipinski definition) is 0. The van der Waals surface area contributed by atoms with E-state index in [-0.39, 0.29) is 12.4 Å². The van der Waals surface area contributed by atoms with Crippen LogP contribution in [0, 0.1) is 0 Å². The van der Waals surface area contributed by atoms with Gasteiger partial charge in [0.05, 0.1) is 18.4 Å². The van der Waals surface area contributed by atoms with Gasteiger partial charge in [-0.05, 0) is 64.0 Å². The van der Waals surface area contributed by atoms with Crippen LogP contribution in [-0.2, 0) is 12.8 Å². The number of methoxy groups -OCH3 is 1. The fourth-order valence-electron chi connectivity index (χ4n) is 3.26. The number of halogens is 3. The normalized spacial score (nSPS) is 11.5. The third-order valence-corrected chi connectivity index (χ3v) is 5.01. The number of aromatic nitrogens is 4. The lowest BCUT2D eigenvalue weighted by Crippen LogP contribution is -2.06. The van der Waals surface area contributed by atoms with E-state index < -0.39 is 11.7 Å². The summed E-state index contributed by atoms with van der Waals surface area (Å²) in [5.74, 6) is 0.526. The highest BCUT2D eigenvalue weighted by Gasteiger charge is 2.30. The Kier molecular flexibility index (Phi) is 6.91. The third kappa shape index (κ3) is 5.91. The molecular weight excluding hydrogens is 461 g/mol. The lowest BCUT2D eigenvalue weighted by Gasteiger charge is -2.13. The predicted molar refractivity (Wildman–Crippen MR) is 121 cm³/mol. The number of alkyl halides is 3. The lowest BCUT2D eigenvalue weighted by molar-refractivity contribution is -0.137. The molecule has 0 aliphatic heterocycles. The first-order chi connectivity index (χ1) is 16.8. The Morgan fingerprint density at radius 1 is 1.03 bits per heavy atom. The second-order valence-electron chi connectivity index (χ2n) is 7.40. The Morgan fingerprint density at radius 3 is 2.60 bits per heavy atom. The first kappa shape index (κ1) is 23.7. The highest BCUT2D eigenvalue weighted by Crippen LogP contribution is 2.31. The molecule has 178 valence electrons. The van der Waals surface area contributed by atoms with Gasteiger partial charge in [-0.15, -0.1) is 5.10 Å². The van der Waals surface area contributed by atoms with Gasteiger partial charge in [-0.25, -0.2) is 4.68 Å². The summed E-state index contributed by atoms with van der Waals surface area (Å²) >= 11 is 0. The lowest BCUT2D eigenvalue weighted by atomic mass is 10.1. The van der Waals surface area contributed by atoms with E-state index in [2.05, 4.69) is 15.5 Å². The van der Waals surface area contributed by atoms with Gasteiger partial charge in [0.25, 0.3) is 0 Å². The molecule has 0 N–H and O–H groups in total. The van der Waals surface area contributed by atoms with Gasteiger partial charge in [0.1, 0.15) is 12.9 Å². The summed E-state index contributed by atoms with van der Waals surface area (Å²) in [5.41, 5.74) is 1.43. The van der Waals surface area contributed by atoms with Gasteiger partial charge < -0.3 is 9.47 Å². The summed E-state index contributed by atoms with van der Waals surface area (Å²) < 4.78 is 51.2. The highest BCUT2D eigenvalue weighted by molar-refractivity contribution is 6.07. The van der Waals surface area contributed by atoms with E-state index in [0.717, 1.165) is 12.1 Å². The van der Waals surface area contributed by atoms with E-state index in [9.17, 15) is 18.0 Å². The van der Waals surface area contributed by atoms with Crippen molar-refractivity contribution in [3.8, 4) is 17.2 Å². The molecule has 0 amide bonds. The maximum absolute atomic E-state index is 12.9. The first-order valence-corrected chi connectivity index (χ1v) is 10.4. The number of ketones is 1. The quantitative estimate of drug-likeness (QED) is 0.256.